The fraction of sp³-hybridized carbons (Fsp3) is 0.308. The molecule has 1 aromatic heterocycles. The van der Waals surface area contributed by atoms with Crippen molar-refractivity contribution in [3.05, 3.63) is 35.4 Å². The van der Waals surface area contributed by atoms with E-state index in [9.17, 15) is 0 Å². The minimum atomic E-state index is 0.304. The lowest BCUT2D eigenvalue weighted by Crippen LogP contribution is -2.01. The molecule has 5 heteroatoms. The van der Waals surface area contributed by atoms with Gasteiger partial charge in [0.15, 0.2) is 11.5 Å². The molecule has 2 N–H and O–H groups in total. The van der Waals surface area contributed by atoms with Crippen LogP contribution < -0.4 is 14.8 Å². The molecule has 5 nitrogen and oxygen atoms in total. The summed E-state index contributed by atoms with van der Waals surface area (Å²) in [6.45, 7) is 5.00. The van der Waals surface area contributed by atoms with Crippen LogP contribution in [0.15, 0.2) is 18.3 Å². The summed E-state index contributed by atoms with van der Waals surface area (Å²) in [5.41, 5.74) is 3.24. The number of rotatable bonds is 3. The molecule has 0 aliphatic carbocycles. The summed E-state index contributed by atoms with van der Waals surface area (Å²) >= 11 is 0. The minimum Gasteiger partial charge on any atom is -0.454 e. The highest BCUT2D eigenvalue weighted by Crippen LogP contribution is 2.36. The molecule has 18 heavy (non-hydrogen) atoms. The van der Waals surface area contributed by atoms with Crippen LogP contribution >= 0.6 is 0 Å². The molecule has 3 rings (SSSR count). The van der Waals surface area contributed by atoms with Gasteiger partial charge < -0.3 is 19.8 Å². The smallest absolute Gasteiger partial charge is 0.231 e. The van der Waals surface area contributed by atoms with E-state index < -0.39 is 0 Å². The highest BCUT2D eigenvalue weighted by molar-refractivity contribution is 5.60. The third-order valence-corrected chi connectivity index (χ3v) is 2.94. The van der Waals surface area contributed by atoms with Crippen molar-refractivity contribution in [2.45, 2.75) is 20.4 Å². The highest BCUT2D eigenvalue weighted by Gasteiger charge is 2.15. The maximum atomic E-state index is 5.37. The van der Waals surface area contributed by atoms with E-state index in [4.69, 9.17) is 9.47 Å². The van der Waals surface area contributed by atoms with E-state index in [0.29, 0.717) is 13.3 Å². The fourth-order valence-corrected chi connectivity index (χ4v) is 1.99. The monoisotopic (exact) mass is 245 g/mol. The van der Waals surface area contributed by atoms with Crippen LogP contribution in [0.25, 0.3) is 0 Å². The molecule has 94 valence electrons. The summed E-state index contributed by atoms with van der Waals surface area (Å²) in [5, 5.41) is 3.37. The minimum absolute atomic E-state index is 0.304. The summed E-state index contributed by atoms with van der Waals surface area (Å²) in [6.07, 6.45) is 1.84. The molecule has 1 aliphatic rings. The molecule has 1 aliphatic heterocycles. The fourth-order valence-electron chi connectivity index (χ4n) is 1.99. The molecule has 0 spiro atoms. The van der Waals surface area contributed by atoms with Gasteiger partial charge in [0, 0.05) is 11.8 Å². The molecular weight excluding hydrogens is 230 g/mol. The van der Waals surface area contributed by atoms with Crippen molar-refractivity contribution in [1.82, 2.24) is 9.97 Å². The number of hydrogen-bond acceptors (Lipinski definition) is 4. The highest BCUT2D eigenvalue weighted by atomic mass is 16.7. The molecule has 0 saturated heterocycles. The van der Waals surface area contributed by atoms with Crippen molar-refractivity contribution < 1.29 is 9.47 Å². The van der Waals surface area contributed by atoms with Gasteiger partial charge in [0.1, 0.15) is 5.82 Å². The molecule has 2 aromatic rings. The number of imidazole rings is 1. The van der Waals surface area contributed by atoms with Gasteiger partial charge in [-0.2, -0.15) is 0 Å². The second-order valence-corrected chi connectivity index (χ2v) is 4.37. The SMILES string of the molecule is Cc1ncc(CNc2cc3c(cc2C)OCO3)[nH]1. The first kappa shape index (κ1) is 11.0. The summed E-state index contributed by atoms with van der Waals surface area (Å²) < 4.78 is 10.7. The second kappa shape index (κ2) is 4.25. The van der Waals surface area contributed by atoms with Gasteiger partial charge in [-0.1, -0.05) is 0 Å². The van der Waals surface area contributed by atoms with Crippen molar-refractivity contribution >= 4 is 5.69 Å². The number of aryl methyl sites for hydroxylation is 2. The first-order valence-electron chi connectivity index (χ1n) is 5.87. The third kappa shape index (κ3) is 1.99. The van der Waals surface area contributed by atoms with E-state index in [2.05, 4.69) is 15.3 Å². The van der Waals surface area contributed by atoms with Crippen LogP contribution in [0.3, 0.4) is 0 Å². The van der Waals surface area contributed by atoms with Gasteiger partial charge in [-0.05, 0) is 25.5 Å². The molecule has 0 bridgehead atoms. The number of H-pyrrole nitrogens is 1. The molecule has 0 saturated carbocycles. The number of hydrogen-bond donors (Lipinski definition) is 2. The number of fused-ring (bicyclic) bond motifs is 1. The third-order valence-electron chi connectivity index (χ3n) is 2.94. The Hall–Kier alpha value is -2.17. The van der Waals surface area contributed by atoms with Gasteiger partial charge in [-0.15, -0.1) is 0 Å². The number of nitrogens with zero attached hydrogens (tertiary/aromatic N) is 1. The Kier molecular flexibility index (Phi) is 2.59. The molecule has 2 heterocycles. The maximum Gasteiger partial charge on any atom is 0.231 e. The van der Waals surface area contributed by atoms with Crippen molar-refractivity contribution in [2.75, 3.05) is 12.1 Å². The van der Waals surface area contributed by atoms with Gasteiger partial charge in [0.2, 0.25) is 6.79 Å². The van der Waals surface area contributed by atoms with E-state index in [1.54, 1.807) is 0 Å². The van der Waals surface area contributed by atoms with Crippen molar-refractivity contribution in [2.24, 2.45) is 0 Å². The van der Waals surface area contributed by atoms with Gasteiger partial charge in [-0.25, -0.2) is 4.98 Å². The summed E-state index contributed by atoms with van der Waals surface area (Å²) in [7, 11) is 0. The van der Waals surface area contributed by atoms with Gasteiger partial charge in [-0.3, -0.25) is 0 Å². The zero-order chi connectivity index (χ0) is 12.5. The number of aromatic amines is 1. The van der Waals surface area contributed by atoms with Crippen molar-refractivity contribution in [1.29, 1.82) is 0 Å². The van der Waals surface area contributed by atoms with Gasteiger partial charge in [0.25, 0.3) is 0 Å². The molecular formula is C13H15N3O2. The quantitative estimate of drug-likeness (QED) is 0.871. The predicted molar refractivity (Wildman–Crippen MR) is 68.0 cm³/mol. The second-order valence-electron chi connectivity index (χ2n) is 4.37. The number of benzene rings is 1. The maximum absolute atomic E-state index is 5.37. The van der Waals surface area contributed by atoms with E-state index in [1.165, 1.54) is 0 Å². The Morgan fingerprint density at radius 2 is 2.06 bits per heavy atom. The first-order valence-corrected chi connectivity index (χ1v) is 5.87. The summed E-state index contributed by atoms with van der Waals surface area (Å²) in [5.74, 6) is 2.54. The van der Waals surface area contributed by atoms with Crippen LogP contribution in [0.1, 0.15) is 17.1 Å². The number of aromatic nitrogens is 2. The van der Waals surface area contributed by atoms with Crippen LogP contribution in [-0.2, 0) is 6.54 Å². The predicted octanol–water partition coefficient (Wildman–Crippen LogP) is 2.37. The van der Waals surface area contributed by atoms with E-state index >= 15 is 0 Å². The molecule has 0 atom stereocenters. The Labute approximate surface area is 105 Å². The van der Waals surface area contributed by atoms with Crippen LogP contribution in [0.5, 0.6) is 11.5 Å². The number of anilines is 1. The zero-order valence-corrected chi connectivity index (χ0v) is 10.4. The Bertz CT molecular complexity index is 578. The lowest BCUT2D eigenvalue weighted by atomic mass is 10.1. The van der Waals surface area contributed by atoms with Crippen LogP contribution in [0.4, 0.5) is 5.69 Å². The average Bonchev–Trinajstić information content (AvgIpc) is 2.94. The summed E-state index contributed by atoms with van der Waals surface area (Å²) in [4.78, 5) is 7.36. The summed E-state index contributed by atoms with van der Waals surface area (Å²) in [6, 6.07) is 3.96. The topological polar surface area (TPSA) is 59.2 Å². The van der Waals surface area contributed by atoms with E-state index in [0.717, 1.165) is 34.3 Å². The van der Waals surface area contributed by atoms with Crippen molar-refractivity contribution in [3.8, 4) is 11.5 Å². The largest absolute Gasteiger partial charge is 0.454 e. The Morgan fingerprint density at radius 3 is 2.78 bits per heavy atom. The van der Waals surface area contributed by atoms with E-state index in [-0.39, 0.29) is 0 Å². The van der Waals surface area contributed by atoms with Gasteiger partial charge in [0.05, 0.1) is 18.4 Å². The number of nitrogens with one attached hydrogen (secondary N) is 2. The van der Waals surface area contributed by atoms with Crippen LogP contribution in [-0.4, -0.2) is 16.8 Å². The van der Waals surface area contributed by atoms with Crippen LogP contribution in [0.2, 0.25) is 0 Å². The van der Waals surface area contributed by atoms with Crippen LogP contribution in [0, 0.1) is 13.8 Å². The lowest BCUT2D eigenvalue weighted by molar-refractivity contribution is 0.174. The molecule has 1 aromatic carbocycles. The van der Waals surface area contributed by atoms with Gasteiger partial charge >= 0.3 is 0 Å². The zero-order valence-electron chi connectivity index (χ0n) is 10.4. The standard InChI is InChI=1S/C13H15N3O2/c1-8-3-12-13(18-7-17-12)4-11(8)15-6-10-5-14-9(2)16-10/h3-5,15H,6-7H2,1-2H3,(H,14,16). The molecule has 0 fully saturated rings. The Morgan fingerprint density at radius 1 is 1.28 bits per heavy atom. The molecule has 0 unspecified atom stereocenters. The van der Waals surface area contributed by atoms with Crippen molar-refractivity contribution in [3.63, 3.8) is 0 Å². The average molecular weight is 245 g/mol. The molecule has 0 amide bonds. The Balaban J connectivity index is 1.76. The van der Waals surface area contributed by atoms with E-state index in [1.807, 2.05) is 32.2 Å². The molecule has 0 radical (unpaired) electrons. The first-order chi connectivity index (χ1) is 8.72. The number of ether oxygens (including phenoxy) is 2. The lowest BCUT2D eigenvalue weighted by Gasteiger charge is -2.09. The normalized spacial score (nSPS) is 12.8.